The van der Waals surface area contributed by atoms with Crippen molar-refractivity contribution < 1.29 is 14.5 Å². The maximum atomic E-state index is 13.2. The molecule has 1 N–H and O–H groups in total. The lowest BCUT2D eigenvalue weighted by Crippen LogP contribution is -2.62. The molecule has 0 radical (unpaired) electrons. The summed E-state index contributed by atoms with van der Waals surface area (Å²) >= 11 is 0. The smallest absolute Gasteiger partial charge is 0.269 e. The number of benzene rings is 1. The molecule has 4 aliphatic rings. The second-order valence-electron chi connectivity index (χ2n) is 9.65. The Kier molecular flexibility index (Phi) is 5.75. The number of carbonyl (C=O) groups is 2. The zero-order valence-electron chi connectivity index (χ0n) is 18.4. The van der Waals surface area contributed by atoms with Crippen LogP contribution in [0.1, 0.15) is 31.2 Å². The second kappa shape index (κ2) is 8.69. The zero-order chi connectivity index (χ0) is 22.2. The van der Waals surface area contributed by atoms with Crippen LogP contribution in [0, 0.1) is 22.0 Å². The number of fused-ring (bicyclic) bond motifs is 3. The van der Waals surface area contributed by atoms with Gasteiger partial charge in [0.2, 0.25) is 11.8 Å². The quantitative estimate of drug-likeness (QED) is 0.529. The lowest BCUT2D eigenvalue weighted by Gasteiger charge is -2.49. The molecule has 2 saturated heterocycles. The van der Waals surface area contributed by atoms with E-state index in [1.54, 1.807) is 12.1 Å². The summed E-state index contributed by atoms with van der Waals surface area (Å²) < 4.78 is 0. The van der Waals surface area contributed by atoms with E-state index in [2.05, 4.69) is 15.1 Å². The Bertz CT molecular complexity index is 912. The lowest BCUT2D eigenvalue weighted by atomic mass is 9.83. The highest BCUT2D eigenvalue weighted by molar-refractivity contribution is 5.82. The average Bonchev–Trinajstić information content (AvgIpc) is 3.46. The topological polar surface area (TPSA) is 99.0 Å². The van der Waals surface area contributed by atoms with Gasteiger partial charge in [0, 0.05) is 57.1 Å². The number of nitrogens with one attached hydrogen (secondary N) is 1. The predicted molar refractivity (Wildman–Crippen MR) is 119 cm³/mol. The van der Waals surface area contributed by atoms with Crippen LogP contribution in [-0.2, 0) is 16.0 Å². The van der Waals surface area contributed by atoms with Crippen LogP contribution in [0.4, 0.5) is 11.4 Å². The van der Waals surface area contributed by atoms with Gasteiger partial charge in [-0.2, -0.15) is 0 Å². The van der Waals surface area contributed by atoms with Gasteiger partial charge in [0.1, 0.15) is 0 Å². The molecule has 1 saturated carbocycles. The van der Waals surface area contributed by atoms with Gasteiger partial charge < -0.3 is 15.1 Å². The van der Waals surface area contributed by atoms with Crippen molar-refractivity contribution in [2.45, 2.75) is 38.1 Å². The van der Waals surface area contributed by atoms with Crippen LogP contribution in [0.25, 0.3) is 0 Å². The molecule has 0 bridgehead atoms. The van der Waals surface area contributed by atoms with E-state index in [1.807, 2.05) is 11.0 Å². The normalized spacial score (nSPS) is 25.2. The molecular weight excluding hydrogens is 410 g/mol. The molecule has 1 aromatic carbocycles. The van der Waals surface area contributed by atoms with Crippen molar-refractivity contribution in [2.24, 2.45) is 11.8 Å². The standard InChI is InChI=1S/C23H31N5O4/c29-22(26-7-1-2-8-26)15-25-9-10-27-20-6-5-18(28(31)32)11-17(20)12-19(21(27)14-25)23(30)24-13-16-3-4-16/h5-6,11,16,19,21H,1-4,7-10,12-15H2,(H,24,30). The van der Waals surface area contributed by atoms with Crippen LogP contribution in [0.3, 0.4) is 0 Å². The summed E-state index contributed by atoms with van der Waals surface area (Å²) in [4.78, 5) is 43.2. The first-order valence-electron chi connectivity index (χ1n) is 11.8. The number of nitrogens with zero attached hydrogens (tertiary/aromatic N) is 4. The van der Waals surface area contributed by atoms with Gasteiger partial charge in [-0.05, 0) is 49.7 Å². The summed E-state index contributed by atoms with van der Waals surface area (Å²) in [6.45, 7) is 4.89. The van der Waals surface area contributed by atoms with Gasteiger partial charge in [-0.1, -0.05) is 0 Å². The van der Waals surface area contributed by atoms with E-state index >= 15 is 0 Å². The van der Waals surface area contributed by atoms with Gasteiger partial charge in [0.05, 0.1) is 23.4 Å². The number of hydrogen-bond donors (Lipinski definition) is 1. The average molecular weight is 442 g/mol. The van der Waals surface area contributed by atoms with E-state index in [9.17, 15) is 19.7 Å². The molecular formula is C23H31N5O4. The molecule has 2 atom stereocenters. The Labute approximate surface area is 187 Å². The fourth-order valence-electron chi connectivity index (χ4n) is 5.38. The van der Waals surface area contributed by atoms with Gasteiger partial charge in [-0.15, -0.1) is 0 Å². The molecule has 3 fully saturated rings. The van der Waals surface area contributed by atoms with Crippen molar-refractivity contribution in [1.29, 1.82) is 0 Å². The predicted octanol–water partition coefficient (Wildman–Crippen LogP) is 1.41. The first-order valence-corrected chi connectivity index (χ1v) is 11.8. The van der Waals surface area contributed by atoms with E-state index in [-0.39, 0.29) is 34.4 Å². The Morgan fingerprint density at radius 1 is 1.12 bits per heavy atom. The number of nitro benzene ring substituents is 1. The van der Waals surface area contributed by atoms with Crippen LogP contribution < -0.4 is 10.2 Å². The molecule has 3 heterocycles. The van der Waals surface area contributed by atoms with Gasteiger partial charge >= 0.3 is 0 Å². The number of non-ortho nitro benzene ring substituents is 1. The number of nitro groups is 1. The van der Waals surface area contributed by atoms with Crippen LogP contribution in [-0.4, -0.2) is 78.4 Å². The number of carbonyl (C=O) groups excluding carboxylic acids is 2. The number of hydrogen-bond acceptors (Lipinski definition) is 6. The van der Waals surface area contributed by atoms with Crippen LogP contribution in [0.2, 0.25) is 0 Å². The highest BCUT2D eigenvalue weighted by Crippen LogP contribution is 2.38. The summed E-state index contributed by atoms with van der Waals surface area (Å²) in [7, 11) is 0. The van der Waals surface area contributed by atoms with Crippen LogP contribution in [0.15, 0.2) is 18.2 Å². The van der Waals surface area contributed by atoms with E-state index in [0.717, 1.165) is 43.7 Å². The Balaban J connectivity index is 1.35. The van der Waals surface area contributed by atoms with Gasteiger partial charge in [-0.25, -0.2) is 0 Å². The fraction of sp³-hybridized carbons (Fsp3) is 0.652. The van der Waals surface area contributed by atoms with Crippen LogP contribution >= 0.6 is 0 Å². The SMILES string of the molecule is O=C(NCC1CC1)C1Cc2cc([N+](=O)[O-])ccc2N2CCN(CC(=O)N3CCCC3)CC12. The Hall–Kier alpha value is -2.68. The minimum atomic E-state index is -0.379. The number of anilines is 1. The molecule has 9 nitrogen and oxygen atoms in total. The second-order valence-corrected chi connectivity index (χ2v) is 9.65. The van der Waals surface area contributed by atoms with Crippen LogP contribution in [0.5, 0.6) is 0 Å². The van der Waals surface area contributed by atoms with Gasteiger partial charge in [-0.3, -0.25) is 24.6 Å². The van der Waals surface area contributed by atoms with Crippen molar-refractivity contribution in [1.82, 2.24) is 15.1 Å². The molecule has 1 aromatic rings. The Morgan fingerprint density at radius 3 is 2.62 bits per heavy atom. The van der Waals surface area contributed by atoms with E-state index in [1.165, 1.54) is 12.8 Å². The minimum absolute atomic E-state index is 0.0248. The molecule has 5 rings (SSSR count). The molecule has 32 heavy (non-hydrogen) atoms. The highest BCUT2D eigenvalue weighted by Gasteiger charge is 2.42. The van der Waals surface area contributed by atoms with E-state index in [4.69, 9.17) is 0 Å². The van der Waals surface area contributed by atoms with Crippen molar-refractivity contribution in [3.05, 3.63) is 33.9 Å². The van der Waals surface area contributed by atoms with E-state index in [0.29, 0.717) is 38.5 Å². The summed E-state index contributed by atoms with van der Waals surface area (Å²) in [5, 5.41) is 14.4. The Morgan fingerprint density at radius 2 is 1.91 bits per heavy atom. The largest absolute Gasteiger partial charge is 0.365 e. The zero-order valence-corrected chi connectivity index (χ0v) is 18.4. The number of piperazine rings is 1. The van der Waals surface area contributed by atoms with Crippen molar-refractivity contribution in [3.8, 4) is 0 Å². The maximum absolute atomic E-state index is 13.2. The third-order valence-corrected chi connectivity index (χ3v) is 7.41. The molecule has 0 aromatic heterocycles. The van der Waals surface area contributed by atoms with E-state index < -0.39 is 0 Å². The number of rotatable bonds is 6. The molecule has 3 aliphatic heterocycles. The fourth-order valence-corrected chi connectivity index (χ4v) is 5.38. The minimum Gasteiger partial charge on any atom is -0.365 e. The summed E-state index contributed by atoms with van der Waals surface area (Å²) in [5.41, 5.74) is 1.91. The summed E-state index contributed by atoms with van der Waals surface area (Å²) in [6.07, 6.45) is 4.98. The highest BCUT2D eigenvalue weighted by atomic mass is 16.6. The molecule has 172 valence electrons. The van der Waals surface area contributed by atoms with Crippen molar-refractivity contribution >= 4 is 23.2 Å². The van der Waals surface area contributed by atoms with Crippen molar-refractivity contribution in [2.75, 3.05) is 50.7 Å². The summed E-state index contributed by atoms with van der Waals surface area (Å²) in [5.74, 6) is 0.509. The lowest BCUT2D eigenvalue weighted by molar-refractivity contribution is -0.384. The monoisotopic (exact) mass is 441 g/mol. The molecule has 0 spiro atoms. The summed E-state index contributed by atoms with van der Waals surface area (Å²) in [6, 6.07) is 4.95. The number of amides is 2. The molecule has 2 amide bonds. The van der Waals surface area contributed by atoms with Gasteiger partial charge in [0.25, 0.3) is 5.69 Å². The maximum Gasteiger partial charge on any atom is 0.269 e. The first kappa shape index (κ1) is 21.2. The van der Waals surface area contributed by atoms with Gasteiger partial charge in [0.15, 0.2) is 0 Å². The molecule has 2 unspecified atom stereocenters. The third-order valence-electron chi connectivity index (χ3n) is 7.41. The van der Waals surface area contributed by atoms with Crippen molar-refractivity contribution in [3.63, 3.8) is 0 Å². The third kappa shape index (κ3) is 4.30. The molecule has 9 heteroatoms. The number of likely N-dealkylation sites (tertiary alicyclic amines) is 1. The first-order chi connectivity index (χ1) is 15.5. The molecule has 1 aliphatic carbocycles.